The maximum absolute atomic E-state index is 14.9. The monoisotopic (exact) mass is 1310 g/mol. The molecule has 1 heterocycles. The van der Waals surface area contributed by atoms with Crippen molar-refractivity contribution in [2.24, 2.45) is 47.2 Å². The molecule has 1 fully saturated rings. The first-order valence-corrected chi connectivity index (χ1v) is 33.3. The Morgan fingerprint density at radius 2 is 1.35 bits per heavy atom. The summed E-state index contributed by atoms with van der Waals surface area (Å²) in [5, 5.41) is 19.3. The average Bonchev–Trinajstić information content (AvgIpc) is 1.40. The first-order chi connectivity index (χ1) is 44.5. The van der Waals surface area contributed by atoms with E-state index in [0.29, 0.717) is 66.8 Å². The zero-order valence-electron chi connectivity index (χ0n) is 58.6. The summed E-state index contributed by atoms with van der Waals surface area (Å²) < 4.78 is 28.6. The molecule has 12 atom stereocenters. The van der Waals surface area contributed by atoms with Crippen LogP contribution >= 0.6 is 0 Å². The Morgan fingerprint density at radius 3 is 1.93 bits per heavy atom. The number of aliphatic hydroxyl groups is 1. The lowest BCUT2D eigenvalue weighted by molar-refractivity contribution is -0.149. The molecule has 1 aliphatic heterocycles. The number of nitrogens with zero attached hydrogens (tertiary/aromatic N) is 3. The second-order valence-electron chi connectivity index (χ2n) is 26.4. The molecule has 6 N–H and O–H groups in total. The van der Waals surface area contributed by atoms with Gasteiger partial charge in [-0.15, -0.1) is 0 Å². The van der Waals surface area contributed by atoms with E-state index in [2.05, 4.69) is 16.0 Å². The fraction of sp³-hybridized carbons (Fsp3) is 0.625. The van der Waals surface area contributed by atoms with Crippen molar-refractivity contribution >= 4 is 53.1 Å². The fourth-order valence-electron chi connectivity index (χ4n) is 12.8. The molecule has 0 bridgehead atoms. The molecule has 22 heteroatoms. The lowest BCUT2D eigenvalue weighted by Crippen LogP contribution is -2.55. The number of Topliss-reactive ketones (excluding diaryl/α,β-unsaturated/α-hetero) is 3. The maximum atomic E-state index is 14.9. The Hall–Kier alpha value is -7.43. The van der Waals surface area contributed by atoms with Crippen LogP contribution in [-0.2, 0) is 67.2 Å². The van der Waals surface area contributed by atoms with Crippen LogP contribution < -0.4 is 31.2 Å². The van der Waals surface area contributed by atoms with E-state index in [4.69, 9.17) is 29.4 Å². The highest BCUT2D eigenvalue weighted by molar-refractivity contribution is 5.94. The number of aryl methyl sites for hydroxylation is 1. The minimum atomic E-state index is -0.953. The number of amides is 7. The quantitative estimate of drug-likeness (QED) is 0.0333. The minimum Gasteiger partial charge on any atom is -0.493 e. The van der Waals surface area contributed by atoms with E-state index < -0.39 is 78.4 Å². The number of ketones is 3. The van der Waals surface area contributed by atoms with Crippen LogP contribution in [0.4, 0.5) is 9.59 Å². The number of hydrogen-bond donors (Lipinski definition) is 5. The van der Waals surface area contributed by atoms with Crippen molar-refractivity contribution in [3.63, 3.8) is 0 Å². The number of hydrogen-bond acceptors (Lipinski definition) is 15. The van der Waals surface area contributed by atoms with Crippen LogP contribution in [0.1, 0.15) is 155 Å². The normalized spacial score (nSPS) is 16.7. The molecule has 94 heavy (non-hydrogen) atoms. The Kier molecular flexibility index (Phi) is 32.6. The summed E-state index contributed by atoms with van der Waals surface area (Å²) in [6, 6.07) is 17.3. The number of likely N-dealkylation sites (N-methyl/N-ethyl adjacent to an activating group) is 2. The topological polar surface area (TPSA) is 292 Å². The number of carbonyl (C=O) groups excluding carboxylic acids is 9. The van der Waals surface area contributed by atoms with Gasteiger partial charge < -0.3 is 65.2 Å². The van der Waals surface area contributed by atoms with Gasteiger partial charge in [0.2, 0.25) is 23.6 Å². The van der Waals surface area contributed by atoms with E-state index in [0.717, 1.165) is 5.56 Å². The van der Waals surface area contributed by atoms with E-state index in [1.165, 1.54) is 40.4 Å². The molecule has 3 aromatic carbocycles. The van der Waals surface area contributed by atoms with Crippen molar-refractivity contribution < 1.29 is 71.9 Å². The van der Waals surface area contributed by atoms with Crippen molar-refractivity contribution in [3.8, 4) is 11.5 Å². The van der Waals surface area contributed by atoms with Crippen molar-refractivity contribution in [1.29, 1.82) is 0 Å². The van der Waals surface area contributed by atoms with Crippen LogP contribution in [0.5, 0.6) is 11.5 Å². The standard InChI is InChI=1S/C72H109N7O15/c1-17-46(8)66(61(92-15)41-63(84)79-36-22-26-55(79)68(93-16)47(9)69(86)75-48(10)67(85)52-23-19-18-20-24-52)77(11)70(87)54(43(2)3)40-58(82)65(45(6)7)78(12)72(89)94-42-51-29-27-49(28-30-51)37-56(80)53(25-21-35-74-71(73)88)39-57(81)64(44(4)5)76-62(83)34-32-50-31-33-59(90-13)60(38-50)91-14/h18-20,23-24,27-31,33,38,43-48,53-55,61,64-68,85H,17,21-22,25-26,32,34-37,39-42H2,1-16H3,(H,75,86)(H,76,83)(H3,73,74,88). The first-order valence-electron chi connectivity index (χ1n) is 33.3. The molecular weight excluding hydrogens is 1200 g/mol. The average molecular weight is 1310 g/mol. The molecule has 1 aliphatic rings. The van der Waals surface area contributed by atoms with Crippen LogP contribution in [0.3, 0.4) is 0 Å². The van der Waals surface area contributed by atoms with Gasteiger partial charge in [-0.1, -0.05) is 129 Å². The van der Waals surface area contributed by atoms with Gasteiger partial charge in [-0.25, -0.2) is 9.59 Å². The minimum absolute atomic E-state index is 0.0187. The molecular formula is C72H109N7O15. The predicted molar refractivity (Wildman–Crippen MR) is 359 cm³/mol. The summed E-state index contributed by atoms with van der Waals surface area (Å²) in [5.74, 6) is -4.13. The van der Waals surface area contributed by atoms with Crippen LogP contribution in [-0.4, -0.2) is 171 Å². The Morgan fingerprint density at radius 1 is 0.713 bits per heavy atom. The highest BCUT2D eigenvalue weighted by atomic mass is 16.6. The van der Waals surface area contributed by atoms with Gasteiger partial charge in [0, 0.05) is 78.9 Å². The number of nitrogens with one attached hydrogen (secondary N) is 3. The van der Waals surface area contributed by atoms with Gasteiger partial charge in [0.05, 0.1) is 75.1 Å². The lowest BCUT2D eigenvalue weighted by atomic mass is 9.83. The van der Waals surface area contributed by atoms with Crippen LogP contribution in [0.25, 0.3) is 0 Å². The molecule has 0 saturated carbocycles. The maximum Gasteiger partial charge on any atom is 0.410 e. The third kappa shape index (κ3) is 22.9. The molecule has 0 radical (unpaired) electrons. The van der Waals surface area contributed by atoms with Gasteiger partial charge in [0.1, 0.15) is 12.4 Å². The summed E-state index contributed by atoms with van der Waals surface area (Å²) in [6.45, 7) is 19.0. The number of carbonyl (C=O) groups is 9. The predicted octanol–water partition coefficient (Wildman–Crippen LogP) is 8.60. The molecule has 0 aliphatic carbocycles. The number of aliphatic hydroxyl groups excluding tert-OH is 1. The van der Waals surface area contributed by atoms with Gasteiger partial charge in [0.15, 0.2) is 23.1 Å². The van der Waals surface area contributed by atoms with E-state index in [9.17, 15) is 48.3 Å². The number of methoxy groups -OCH3 is 4. The number of benzene rings is 3. The smallest absolute Gasteiger partial charge is 0.410 e. The third-order valence-electron chi connectivity index (χ3n) is 18.6. The van der Waals surface area contributed by atoms with E-state index >= 15 is 0 Å². The second kappa shape index (κ2) is 38.8. The molecule has 3 aromatic rings. The summed E-state index contributed by atoms with van der Waals surface area (Å²) >= 11 is 0. The Bertz CT molecular complexity index is 2940. The molecule has 4 rings (SSSR count). The summed E-state index contributed by atoms with van der Waals surface area (Å²) in [5.41, 5.74) is 8.07. The second-order valence-corrected chi connectivity index (χ2v) is 26.4. The van der Waals surface area contributed by atoms with Gasteiger partial charge in [-0.05, 0) is 97.1 Å². The number of urea groups is 1. The zero-order valence-corrected chi connectivity index (χ0v) is 58.6. The molecule has 522 valence electrons. The number of likely N-dealkylation sites (tertiary alicyclic amines) is 1. The van der Waals surface area contributed by atoms with Crippen LogP contribution in [0.15, 0.2) is 72.8 Å². The van der Waals surface area contributed by atoms with Crippen LogP contribution in [0, 0.1) is 41.4 Å². The van der Waals surface area contributed by atoms with Gasteiger partial charge in [-0.3, -0.25) is 33.6 Å². The summed E-state index contributed by atoms with van der Waals surface area (Å²) in [6.07, 6.45) is -0.362. The number of ether oxygens (including phenoxy) is 5. The first kappa shape index (κ1) is 79.0. The molecule has 0 spiro atoms. The molecule has 12 unspecified atom stereocenters. The lowest BCUT2D eigenvalue weighted by Gasteiger charge is -2.41. The number of primary amides is 1. The Balaban J connectivity index is 1.40. The number of rotatable bonds is 40. The largest absolute Gasteiger partial charge is 0.493 e. The molecule has 1 saturated heterocycles. The summed E-state index contributed by atoms with van der Waals surface area (Å²) in [4.78, 5) is 129. The van der Waals surface area contributed by atoms with Gasteiger partial charge in [-0.2, -0.15) is 0 Å². The summed E-state index contributed by atoms with van der Waals surface area (Å²) in [7, 11) is 9.30. The third-order valence-corrected chi connectivity index (χ3v) is 18.6. The van der Waals surface area contributed by atoms with Gasteiger partial charge >= 0.3 is 12.1 Å². The highest BCUT2D eigenvalue weighted by Gasteiger charge is 2.44. The van der Waals surface area contributed by atoms with Crippen molar-refractivity contribution in [3.05, 3.63) is 95.1 Å². The Labute approximate surface area is 557 Å². The SMILES string of the molecule is CCC(C)C(C(CC(=O)N1CCCC1C(OC)C(C)C(=O)NC(C)C(O)c1ccccc1)OC)N(C)C(=O)C(CC(=O)C(C(C)C)N(C)C(=O)OCc1ccc(CC(=O)C(CCCNC(N)=O)CC(=O)C(NC(=O)CCc2ccc(OC)c(OC)c2)C(C)C)cc1)C(C)C. The van der Waals surface area contributed by atoms with Crippen molar-refractivity contribution in [1.82, 2.24) is 30.7 Å². The van der Waals surface area contributed by atoms with Crippen LogP contribution in [0.2, 0.25) is 0 Å². The number of nitrogens with two attached hydrogens (primary N) is 1. The molecule has 7 amide bonds. The van der Waals surface area contributed by atoms with E-state index in [-0.39, 0.29) is 116 Å². The highest BCUT2D eigenvalue weighted by Crippen LogP contribution is 2.33. The van der Waals surface area contributed by atoms with E-state index in [1.54, 1.807) is 79.2 Å². The van der Waals surface area contributed by atoms with Crippen molar-refractivity contribution in [2.45, 2.75) is 195 Å². The van der Waals surface area contributed by atoms with E-state index in [1.807, 2.05) is 79.7 Å². The van der Waals surface area contributed by atoms with Crippen molar-refractivity contribution in [2.75, 3.05) is 55.6 Å². The zero-order chi connectivity index (χ0) is 70.1. The van der Waals surface area contributed by atoms with Gasteiger partial charge in [0.25, 0.3) is 0 Å². The molecule has 22 nitrogen and oxygen atoms in total. The fourth-order valence-corrected chi connectivity index (χ4v) is 12.8. The molecule has 0 aromatic heterocycles.